The number of thioether (sulfide) groups is 1. The molecule has 3 N–H and O–H groups in total. The smallest absolute Gasteiger partial charge is 0.265 e. The van der Waals surface area contributed by atoms with Crippen molar-refractivity contribution in [3.05, 3.63) is 95.0 Å². The Kier molecular flexibility index (Phi) is 7.36. The van der Waals surface area contributed by atoms with E-state index in [-0.39, 0.29) is 5.91 Å². The first-order valence-corrected chi connectivity index (χ1v) is 13.0. The molecule has 2 saturated heterocycles. The van der Waals surface area contributed by atoms with Crippen LogP contribution >= 0.6 is 23.4 Å². The van der Waals surface area contributed by atoms with Crippen molar-refractivity contribution >= 4 is 46.8 Å². The number of nitrogens with two attached hydrogens (primary N) is 1. The first kappa shape index (κ1) is 25.1. The van der Waals surface area contributed by atoms with Gasteiger partial charge in [0.1, 0.15) is 6.04 Å². The van der Waals surface area contributed by atoms with E-state index in [2.05, 4.69) is 5.43 Å². The van der Waals surface area contributed by atoms with Crippen LogP contribution in [-0.4, -0.2) is 53.8 Å². The van der Waals surface area contributed by atoms with E-state index in [9.17, 15) is 14.4 Å². The lowest BCUT2D eigenvalue weighted by Gasteiger charge is -2.33. The molecule has 0 radical (unpaired) electrons. The third-order valence-electron chi connectivity index (χ3n) is 6.34. The van der Waals surface area contributed by atoms with E-state index in [1.165, 1.54) is 5.01 Å². The molecule has 3 unspecified atom stereocenters. The summed E-state index contributed by atoms with van der Waals surface area (Å²) in [6, 6.07) is 23.9. The fourth-order valence-corrected chi connectivity index (χ4v) is 5.72. The van der Waals surface area contributed by atoms with E-state index >= 15 is 0 Å². The lowest BCUT2D eigenvalue weighted by molar-refractivity contribution is -0.131. The molecule has 0 spiro atoms. The van der Waals surface area contributed by atoms with Gasteiger partial charge in [0, 0.05) is 17.1 Å². The van der Waals surface area contributed by atoms with Crippen LogP contribution in [0.5, 0.6) is 0 Å². The summed E-state index contributed by atoms with van der Waals surface area (Å²) >= 11 is 7.42. The van der Waals surface area contributed by atoms with Gasteiger partial charge in [0.05, 0.1) is 18.2 Å². The van der Waals surface area contributed by atoms with Gasteiger partial charge in [-0.3, -0.25) is 19.8 Å². The van der Waals surface area contributed by atoms with Crippen molar-refractivity contribution in [3.63, 3.8) is 0 Å². The molecule has 2 fully saturated rings. The number of carbonyl (C=O) groups excluding carboxylic acids is 3. The summed E-state index contributed by atoms with van der Waals surface area (Å²) in [7, 11) is 0. The van der Waals surface area contributed by atoms with Gasteiger partial charge < -0.3 is 15.4 Å². The Bertz CT molecular complexity index is 1310. The summed E-state index contributed by atoms with van der Waals surface area (Å²) in [6.07, 6.45) is -0.657. The quantitative estimate of drug-likeness (QED) is 0.449. The van der Waals surface area contributed by atoms with Gasteiger partial charge in [-0.05, 0) is 35.4 Å². The Hall–Kier alpha value is -3.53. The minimum atomic E-state index is -0.954. The average molecular weight is 537 g/mol. The Morgan fingerprint density at radius 3 is 2.38 bits per heavy atom. The van der Waals surface area contributed by atoms with Crippen LogP contribution < -0.4 is 16.1 Å². The zero-order valence-corrected chi connectivity index (χ0v) is 21.3. The predicted molar refractivity (Wildman–Crippen MR) is 142 cm³/mol. The van der Waals surface area contributed by atoms with Crippen molar-refractivity contribution in [1.82, 2.24) is 10.4 Å². The van der Waals surface area contributed by atoms with Gasteiger partial charge in [0.2, 0.25) is 5.91 Å². The van der Waals surface area contributed by atoms with Crippen molar-refractivity contribution in [2.24, 2.45) is 5.73 Å². The van der Waals surface area contributed by atoms with Crippen LogP contribution in [0.2, 0.25) is 5.02 Å². The third-order valence-corrected chi connectivity index (χ3v) is 8.05. The summed E-state index contributed by atoms with van der Waals surface area (Å²) in [6.45, 7) is 1.41. The first-order chi connectivity index (χ1) is 17.9. The second kappa shape index (κ2) is 10.8. The number of anilines is 1. The van der Waals surface area contributed by atoms with Crippen molar-refractivity contribution in [3.8, 4) is 0 Å². The zero-order valence-electron chi connectivity index (χ0n) is 19.7. The third kappa shape index (κ3) is 5.29. The Morgan fingerprint density at radius 2 is 1.68 bits per heavy atom. The van der Waals surface area contributed by atoms with E-state index in [0.29, 0.717) is 29.6 Å². The van der Waals surface area contributed by atoms with Crippen molar-refractivity contribution in [1.29, 1.82) is 0 Å². The molecule has 190 valence electrons. The molecule has 3 atom stereocenters. The largest absolute Gasteiger partial charge is 0.367 e. The van der Waals surface area contributed by atoms with Gasteiger partial charge in [-0.25, -0.2) is 5.01 Å². The molecule has 3 aromatic carbocycles. The van der Waals surface area contributed by atoms with Crippen molar-refractivity contribution < 1.29 is 19.1 Å². The number of benzene rings is 3. The minimum absolute atomic E-state index is 0.342. The average Bonchev–Trinajstić information content (AvgIpc) is 3.19. The number of amides is 3. The molecular weight excluding hydrogens is 512 g/mol. The van der Waals surface area contributed by atoms with Crippen LogP contribution in [0.1, 0.15) is 17.2 Å². The molecule has 0 saturated carbocycles. The summed E-state index contributed by atoms with van der Waals surface area (Å²) in [4.78, 5) is 40.8. The van der Waals surface area contributed by atoms with Gasteiger partial charge in [0.15, 0.2) is 11.4 Å². The molecule has 2 aliphatic heterocycles. The molecule has 3 aromatic rings. The SMILES string of the molecule is NC(=O)C1CN(c2ccc(C(c3ccccc3)N3NC(=O)C(Sc4ccccc4Cl)C3=O)cc2)CCO1. The number of primary amides is 1. The molecule has 10 heteroatoms. The topological polar surface area (TPSA) is 105 Å². The maximum Gasteiger partial charge on any atom is 0.265 e. The number of nitrogens with one attached hydrogen (secondary N) is 1. The van der Waals surface area contributed by atoms with E-state index < -0.39 is 29.2 Å². The fourth-order valence-electron chi connectivity index (χ4n) is 4.48. The molecule has 2 heterocycles. The molecular formula is C27H25ClN4O4S. The summed E-state index contributed by atoms with van der Waals surface area (Å²) in [5.74, 6) is -1.22. The van der Waals surface area contributed by atoms with E-state index in [0.717, 1.165) is 28.6 Å². The van der Waals surface area contributed by atoms with Gasteiger partial charge in [-0.2, -0.15) is 0 Å². The number of carbonyl (C=O) groups is 3. The van der Waals surface area contributed by atoms with Crippen LogP contribution in [0.3, 0.4) is 0 Å². The maximum atomic E-state index is 13.5. The highest BCUT2D eigenvalue weighted by Gasteiger charge is 2.44. The van der Waals surface area contributed by atoms with Crippen LogP contribution in [-0.2, 0) is 19.1 Å². The number of nitrogens with zero attached hydrogens (tertiary/aromatic N) is 2. The molecule has 2 aliphatic rings. The van der Waals surface area contributed by atoms with Crippen LogP contribution in [0.25, 0.3) is 0 Å². The molecule has 0 aliphatic carbocycles. The van der Waals surface area contributed by atoms with Crippen molar-refractivity contribution in [2.75, 3.05) is 24.6 Å². The van der Waals surface area contributed by atoms with Crippen molar-refractivity contribution in [2.45, 2.75) is 22.3 Å². The Balaban J connectivity index is 1.42. The normalized spacial score (nSPS) is 20.6. The van der Waals surface area contributed by atoms with Gasteiger partial charge in [0.25, 0.3) is 11.8 Å². The number of morpholine rings is 1. The lowest BCUT2D eigenvalue weighted by Crippen LogP contribution is -2.48. The number of hydrogen-bond donors (Lipinski definition) is 2. The van der Waals surface area contributed by atoms with Gasteiger partial charge >= 0.3 is 0 Å². The Morgan fingerprint density at radius 1 is 1.00 bits per heavy atom. The van der Waals surface area contributed by atoms with Gasteiger partial charge in [-0.15, -0.1) is 11.8 Å². The highest BCUT2D eigenvalue weighted by atomic mass is 35.5. The molecule has 0 aromatic heterocycles. The van der Waals surface area contributed by atoms with Gasteiger partial charge in [-0.1, -0.05) is 66.2 Å². The number of hydrogen-bond acceptors (Lipinski definition) is 6. The molecule has 0 bridgehead atoms. The number of ether oxygens (including phenoxy) is 1. The highest BCUT2D eigenvalue weighted by Crippen LogP contribution is 2.37. The Labute approximate surface area is 223 Å². The summed E-state index contributed by atoms with van der Waals surface area (Å²) in [5, 5.41) is 0.937. The molecule has 37 heavy (non-hydrogen) atoms. The van der Waals surface area contributed by atoms with Crippen LogP contribution in [0.15, 0.2) is 83.8 Å². The predicted octanol–water partition coefficient (Wildman–Crippen LogP) is 3.15. The van der Waals surface area contributed by atoms with Crippen LogP contribution in [0, 0.1) is 0 Å². The number of hydrazine groups is 1. The lowest BCUT2D eigenvalue weighted by atomic mass is 9.97. The molecule has 5 rings (SSSR count). The standard InChI is InChI=1S/C27H25ClN4O4S/c28-20-8-4-5-9-22(20)37-24-26(34)30-32(27(24)35)23(17-6-2-1-3-7-17)18-10-12-19(13-11-18)31-14-15-36-21(16-31)25(29)33/h1-13,21,23-24H,14-16H2,(H2,29,33)(H,30,34). The monoisotopic (exact) mass is 536 g/mol. The van der Waals surface area contributed by atoms with E-state index in [4.69, 9.17) is 22.1 Å². The molecule has 3 amide bonds. The second-order valence-electron chi connectivity index (χ2n) is 8.73. The fraction of sp³-hybridized carbons (Fsp3) is 0.222. The number of halogens is 1. The number of rotatable bonds is 7. The first-order valence-electron chi connectivity index (χ1n) is 11.8. The second-order valence-corrected chi connectivity index (χ2v) is 10.3. The zero-order chi connectivity index (χ0) is 25.9. The summed E-state index contributed by atoms with van der Waals surface area (Å²) < 4.78 is 5.45. The minimum Gasteiger partial charge on any atom is -0.367 e. The maximum absolute atomic E-state index is 13.5. The van der Waals surface area contributed by atoms with E-state index in [1.807, 2.05) is 65.6 Å². The van der Waals surface area contributed by atoms with E-state index in [1.54, 1.807) is 18.2 Å². The molecule has 8 nitrogen and oxygen atoms in total. The summed E-state index contributed by atoms with van der Waals surface area (Å²) in [5.41, 5.74) is 10.8. The highest BCUT2D eigenvalue weighted by molar-refractivity contribution is 8.01. The van der Waals surface area contributed by atoms with Crippen LogP contribution in [0.4, 0.5) is 5.69 Å².